The number of fused-ring (bicyclic) bond motifs is 1. The summed E-state index contributed by atoms with van der Waals surface area (Å²) < 4.78 is 39.2. The van der Waals surface area contributed by atoms with Gasteiger partial charge in [-0.25, -0.2) is 13.2 Å². The van der Waals surface area contributed by atoms with Gasteiger partial charge in [0, 0.05) is 17.8 Å². The lowest BCUT2D eigenvalue weighted by atomic mass is 10.1. The number of aryl methyl sites for hydroxylation is 1. The van der Waals surface area contributed by atoms with Crippen LogP contribution in [0.15, 0.2) is 36.4 Å². The zero-order valence-electron chi connectivity index (χ0n) is 10.1. The zero-order chi connectivity index (χ0) is 13.4. The number of hydrogen-bond donors (Lipinski definition) is 1. The molecule has 0 aliphatic heterocycles. The molecule has 0 saturated carbocycles. The number of halogens is 3. The first-order valence-corrected chi connectivity index (χ1v) is 6.14. The standard InChI is InChI=1S/C15H12F3N/c16-12-7-10(8-13(17)15(12)18)19-14-6-5-9-3-1-2-4-11(9)14/h1-4,7-8,14,19H,5-6H2. The van der Waals surface area contributed by atoms with Crippen LogP contribution < -0.4 is 5.32 Å². The molecule has 0 saturated heterocycles. The van der Waals surface area contributed by atoms with Gasteiger partial charge in [0.15, 0.2) is 17.5 Å². The third kappa shape index (κ3) is 2.18. The molecule has 1 atom stereocenters. The molecule has 0 spiro atoms. The average Bonchev–Trinajstić information content (AvgIpc) is 2.79. The van der Waals surface area contributed by atoms with Crippen molar-refractivity contribution in [2.45, 2.75) is 18.9 Å². The third-order valence-electron chi connectivity index (χ3n) is 3.46. The van der Waals surface area contributed by atoms with Crippen LogP contribution in [0.3, 0.4) is 0 Å². The van der Waals surface area contributed by atoms with E-state index < -0.39 is 17.5 Å². The Hall–Kier alpha value is -1.97. The normalized spacial score (nSPS) is 17.3. The molecule has 0 aromatic heterocycles. The topological polar surface area (TPSA) is 12.0 Å². The Morgan fingerprint density at radius 2 is 1.68 bits per heavy atom. The SMILES string of the molecule is Fc1cc(NC2CCc3ccccc32)cc(F)c1F. The van der Waals surface area contributed by atoms with Crippen molar-refractivity contribution in [1.82, 2.24) is 0 Å². The average molecular weight is 263 g/mol. The van der Waals surface area contributed by atoms with Crippen LogP contribution in [0.1, 0.15) is 23.6 Å². The molecule has 98 valence electrons. The van der Waals surface area contributed by atoms with Gasteiger partial charge in [-0.1, -0.05) is 24.3 Å². The van der Waals surface area contributed by atoms with Gasteiger partial charge in [0.05, 0.1) is 6.04 Å². The smallest absolute Gasteiger partial charge is 0.194 e. The summed E-state index contributed by atoms with van der Waals surface area (Å²) in [7, 11) is 0. The van der Waals surface area contributed by atoms with Crippen LogP contribution in [-0.2, 0) is 6.42 Å². The van der Waals surface area contributed by atoms with Crippen molar-refractivity contribution in [2.24, 2.45) is 0 Å². The first kappa shape index (κ1) is 12.1. The number of rotatable bonds is 2. The fraction of sp³-hybridized carbons (Fsp3) is 0.200. The highest BCUT2D eigenvalue weighted by Gasteiger charge is 2.22. The van der Waals surface area contributed by atoms with Gasteiger partial charge < -0.3 is 5.32 Å². The van der Waals surface area contributed by atoms with Crippen LogP contribution in [0.5, 0.6) is 0 Å². The Bertz CT molecular complexity index is 602. The quantitative estimate of drug-likeness (QED) is 0.800. The second-order valence-corrected chi connectivity index (χ2v) is 4.69. The number of benzene rings is 2. The third-order valence-corrected chi connectivity index (χ3v) is 3.46. The predicted molar refractivity (Wildman–Crippen MR) is 67.4 cm³/mol. The van der Waals surface area contributed by atoms with Gasteiger partial charge in [-0.2, -0.15) is 0 Å². The second-order valence-electron chi connectivity index (χ2n) is 4.69. The molecule has 19 heavy (non-hydrogen) atoms. The van der Waals surface area contributed by atoms with E-state index in [0.29, 0.717) is 0 Å². The van der Waals surface area contributed by atoms with Crippen molar-refractivity contribution in [3.8, 4) is 0 Å². The second kappa shape index (κ2) is 4.61. The van der Waals surface area contributed by atoms with Gasteiger partial charge in [-0.15, -0.1) is 0 Å². The Morgan fingerprint density at radius 1 is 1.00 bits per heavy atom. The minimum absolute atomic E-state index is 0.0143. The lowest BCUT2D eigenvalue weighted by molar-refractivity contribution is 0.447. The van der Waals surface area contributed by atoms with E-state index in [1.807, 2.05) is 24.3 Å². The first-order chi connectivity index (χ1) is 9.15. The van der Waals surface area contributed by atoms with Gasteiger partial charge in [0.2, 0.25) is 0 Å². The summed E-state index contributed by atoms with van der Waals surface area (Å²) >= 11 is 0. The molecule has 1 nitrogen and oxygen atoms in total. The molecular formula is C15H12F3N. The van der Waals surface area contributed by atoms with Gasteiger partial charge in [-0.3, -0.25) is 0 Å². The first-order valence-electron chi connectivity index (χ1n) is 6.14. The van der Waals surface area contributed by atoms with E-state index in [-0.39, 0.29) is 11.7 Å². The van der Waals surface area contributed by atoms with Gasteiger partial charge in [0.1, 0.15) is 0 Å². The lowest BCUT2D eigenvalue weighted by Gasteiger charge is -2.15. The van der Waals surface area contributed by atoms with Crippen LogP contribution in [0, 0.1) is 17.5 Å². The molecule has 2 aromatic rings. The summed E-state index contributed by atoms with van der Waals surface area (Å²) in [5.74, 6) is -3.78. The van der Waals surface area contributed by atoms with Crippen LogP contribution in [0.4, 0.5) is 18.9 Å². The van der Waals surface area contributed by atoms with Crippen LogP contribution in [0.2, 0.25) is 0 Å². The molecule has 0 heterocycles. The summed E-state index contributed by atoms with van der Waals surface area (Å²) in [4.78, 5) is 0. The maximum atomic E-state index is 13.2. The van der Waals surface area contributed by atoms with Gasteiger partial charge in [-0.05, 0) is 24.0 Å². The van der Waals surface area contributed by atoms with Crippen LogP contribution >= 0.6 is 0 Å². The molecule has 0 amide bonds. The molecule has 1 aliphatic carbocycles. The predicted octanol–water partition coefficient (Wildman–Crippen LogP) is 4.20. The fourth-order valence-corrected chi connectivity index (χ4v) is 2.55. The van der Waals surface area contributed by atoms with E-state index in [1.54, 1.807) is 0 Å². The van der Waals surface area contributed by atoms with Crippen molar-refractivity contribution in [3.63, 3.8) is 0 Å². The Kier molecular flexibility index (Phi) is 2.93. The van der Waals surface area contributed by atoms with Crippen molar-refractivity contribution in [1.29, 1.82) is 0 Å². The van der Waals surface area contributed by atoms with Gasteiger partial charge in [0.25, 0.3) is 0 Å². The minimum Gasteiger partial charge on any atom is -0.378 e. The number of hydrogen-bond acceptors (Lipinski definition) is 1. The molecule has 4 heteroatoms. The van der Waals surface area contributed by atoms with E-state index in [1.165, 1.54) is 5.56 Å². The largest absolute Gasteiger partial charge is 0.378 e. The molecule has 0 bridgehead atoms. The highest BCUT2D eigenvalue weighted by Crippen LogP contribution is 2.34. The molecule has 2 aromatic carbocycles. The van der Waals surface area contributed by atoms with E-state index in [4.69, 9.17) is 0 Å². The van der Waals surface area contributed by atoms with Crippen molar-refractivity contribution < 1.29 is 13.2 Å². The molecule has 1 unspecified atom stereocenters. The molecule has 1 aliphatic rings. The highest BCUT2D eigenvalue weighted by molar-refractivity contribution is 5.49. The van der Waals surface area contributed by atoms with E-state index in [2.05, 4.69) is 5.32 Å². The molecule has 1 N–H and O–H groups in total. The zero-order valence-corrected chi connectivity index (χ0v) is 10.1. The van der Waals surface area contributed by atoms with E-state index in [9.17, 15) is 13.2 Å². The molecular weight excluding hydrogens is 251 g/mol. The Morgan fingerprint density at radius 3 is 2.42 bits per heavy atom. The molecule has 0 fully saturated rings. The maximum absolute atomic E-state index is 13.2. The van der Waals surface area contributed by atoms with Crippen LogP contribution in [-0.4, -0.2) is 0 Å². The van der Waals surface area contributed by atoms with Gasteiger partial charge >= 0.3 is 0 Å². The minimum atomic E-state index is -1.43. The lowest BCUT2D eigenvalue weighted by Crippen LogP contribution is -2.08. The maximum Gasteiger partial charge on any atom is 0.194 e. The van der Waals surface area contributed by atoms with Crippen LogP contribution in [0.25, 0.3) is 0 Å². The molecule has 0 radical (unpaired) electrons. The van der Waals surface area contributed by atoms with E-state index in [0.717, 1.165) is 30.5 Å². The summed E-state index contributed by atoms with van der Waals surface area (Å²) in [6.07, 6.45) is 1.79. The van der Waals surface area contributed by atoms with Crippen molar-refractivity contribution in [3.05, 3.63) is 65.0 Å². The van der Waals surface area contributed by atoms with Crippen molar-refractivity contribution >= 4 is 5.69 Å². The summed E-state index contributed by atoms with van der Waals surface area (Å²) in [6.45, 7) is 0. The summed E-state index contributed by atoms with van der Waals surface area (Å²) in [5.41, 5.74) is 2.63. The molecule has 3 rings (SSSR count). The number of nitrogens with one attached hydrogen (secondary N) is 1. The summed E-state index contributed by atoms with van der Waals surface area (Å²) in [6, 6.07) is 9.93. The fourth-order valence-electron chi connectivity index (χ4n) is 2.55. The monoisotopic (exact) mass is 263 g/mol. The highest BCUT2D eigenvalue weighted by atomic mass is 19.2. The summed E-state index contributed by atoms with van der Waals surface area (Å²) in [5, 5.41) is 3.06. The number of anilines is 1. The Balaban J connectivity index is 1.87. The van der Waals surface area contributed by atoms with Crippen molar-refractivity contribution in [2.75, 3.05) is 5.32 Å². The Labute approximate surface area is 109 Å². The van der Waals surface area contributed by atoms with E-state index >= 15 is 0 Å².